The van der Waals surface area contributed by atoms with Gasteiger partial charge in [0.05, 0.1) is 0 Å². The van der Waals surface area contributed by atoms with Gasteiger partial charge in [0.2, 0.25) is 6.10 Å². The summed E-state index contributed by atoms with van der Waals surface area (Å²) in [5.74, 6) is -0.395. The molecule has 4 heteroatoms. The molecule has 15 heavy (non-hydrogen) atoms. The average Bonchev–Trinajstić information content (AvgIpc) is 2.50. The van der Waals surface area contributed by atoms with Crippen LogP contribution in [0.1, 0.15) is 22.8 Å². The summed E-state index contributed by atoms with van der Waals surface area (Å²) in [6.45, 7) is 3.81. The van der Waals surface area contributed by atoms with E-state index in [0.717, 1.165) is 16.7 Å². The van der Waals surface area contributed by atoms with Crippen molar-refractivity contribution >= 4 is 12.0 Å². The highest BCUT2D eigenvalue weighted by Gasteiger charge is 2.34. The van der Waals surface area contributed by atoms with Crippen molar-refractivity contribution in [3.63, 3.8) is 0 Å². The first kappa shape index (κ1) is 9.71. The Balaban J connectivity index is 2.41. The lowest BCUT2D eigenvalue weighted by molar-refractivity contribution is -0.123. The lowest BCUT2D eigenvalue weighted by atomic mass is 10.0. The van der Waals surface area contributed by atoms with Gasteiger partial charge >= 0.3 is 6.09 Å². The topological polar surface area (TPSA) is 55.4 Å². The maximum Gasteiger partial charge on any atom is 0.415 e. The molecule has 1 aromatic carbocycles. The summed E-state index contributed by atoms with van der Waals surface area (Å²) in [4.78, 5) is 22.3. The number of cyclic esters (lactones) is 1. The molecule has 0 aliphatic carbocycles. The van der Waals surface area contributed by atoms with Crippen LogP contribution in [-0.4, -0.2) is 12.0 Å². The van der Waals surface area contributed by atoms with Gasteiger partial charge in [0.1, 0.15) is 0 Å². The molecule has 2 amide bonds. The molecule has 1 fully saturated rings. The molecule has 2 rings (SSSR count). The third-order valence-corrected chi connectivity index (χ3v) is 2.41. The second-order valence-electron chi connectivity index (χ2n) is 3.63. The monoisotopic (exact) mass is 205 g/mol. The van der Waals surface area contributed by atoms with E-state index in [1.807, 2.05) is 32.0 Å². The van der Waals surface area contributed by atoms with Crippen LogP contribution in [0.2, 0.25) is 0 Å². The normalized spacial score (nSPS) is 20.0. The summed E-state index contributed by atoms with van der Waals surface area (Å²) in [6.07, 6.45) is -1.47. The van der Waals surface area contributed by atoms with Crippen molar-refractivity contribution in [1.82, 2.24) is 5.32 Å². The van der Waals surface area contributed by atoms with Crippen LogP contribution in [0.3, 0.4) is 0 Å². The number of nitrogens with one attached hydrogen (secondary N) is 1. The highest BCUT2D eigenvalue weighted by molar-refractivity contribution is 6.00. The number of aryl methyl sites for hydroxylation is 2. The fraction of sp³-hybridized carbons (Fsp3) is 0.273. The predicted molar refractivity (Wildman–Crippen MR) is 53.3 cm³/mol. The van der Waals surface area contributed by atoms with Crippen LogP contribution in [-0.2, 0) is 9.53 Å². The number of ether oxygens (including phenoxy) is 1. The minimum Gasteiger partial charge on any atom is -0.431 e. The number of benzene rings is 1. The van der Waals surface area contributed by atoms with Gasteiger partial charge in [-0.15, -0.1) is 0 Å². The fourth-order valence-electron chi connectivity index (χ4n) is 1.60. The Labute approximate surface area is 87.2 Å². The third-order valence-electron chi connectivity index (χ3n) is 2.41. The number of alkyl carbamates (subject to hydrolysis) is 1. The summed E-state index contributed by atoms with van der Waals surface area (Å²) in [6, 6.07) is 5.72. The highest BCUT2D eigenvalue weighted by atomic mass is 16.6. The summed E-state index contributed by atoms with van der Waals surface area (Å²) < 4.78 is 4.90. The summed E-state index contributed by atoms with van der Waals surface area (Å²) in [5, 5.41) is 2.11. The molecular weight excluding hydrogens is 194 g/mol. The van der Waals surface area contributed by atoms with Crippen LogP contribution < -0.4 is 5.32 Å². The second-order valence-corrected chi connectivity index (χ2v) is 3.63. The maximum absolute atomic E-state index is 11.4. The molecule has 1 N–H and O–H groups in total. The van der Waals surface area contributed by atoms with Crippen LogP contribution in [0.25, 0.3) is 0 Å². The third kappa shape index (κ3) is 1.70. The van der Waals surface area contributed by atoms with Crippen molar-refractivity contribution in [3.05, 3.63) is 34.9 Å². The largest absolute Gasteiger partial charge is 0.431 e. The fourth-order valence-corrected chi connectivity index (χ4v) is 1.60. The number of imide groups is 1. The van der Waals surface area contributed by atoms with Crippen LogP contribution in [0.5, 0.6) is 0 Å². The molecule has 1 heterocycles. The standard InChI is InChI=1S/C11H11NO3/c1-6-3-4-7(2)8(5-6)9-10(13)12-11(14)15-9/h3-5,9H,1-2H3,(H,12,13,14)/t9-/m0/s1. The van der Waals surface area contributed by atoms with Crippen LogP contribution in [0.15, 0.2) is 18.2 Å². The smallest absolute Gasteiger partial charge is 0.415 e. The van der Waals surface area contributed by atoms with E-state index < -0.39 is 18.1 Å². The number of carbonyl (C=O) groups is 2. The first-order chi connectivity index (χ1) is 7.08. The minimum atomic E-state index is -0.794. The number of rotatable bonds is 1. The van der Waals surface area contributed by atoms with Gasteiger partial charge in [0.15, 0.2) is 0 Å². The lowest BCUT2D eigenvalue weighted by Crippen LogP contribution is -2.20. The van der Waals surface area contributed by atoms with Gasteiger partial charge in [0.25, 0.3) is 5.91 Å². The van der Waals surface area contributed by atoms with E-state index in [-0.39, 0.29) is 0 Å². The molecule has 0 aromatic heterocycles. The molecule has 0 radical (unpaired) electrons. The van der Waals surface area contributed by atoms with E-state index in [9.17, 15) is 9.59 Å². The molecule has 0 spiro atoms. The predicted octanol–water partition coefficient (Wildman–Crippen LogP) is 1.61. The van der Waals surface area contributed by atoms with Crippen molar-refractivity contribution in [3.8, 4) is 0 Å². The number of hydrogen-bond donors (Lipinski definition) is 1. The van der Waals surface area contributed by atoms with Gasteiger partial charge in [0, 0.05) is 5.56 Å². The van der Waals surface area contributed by atoms with Gasteiger partial charge in [-0.25, -0.2) is 4.79 Å². The number of carbonyl (C=O) groups excluding carboxylic acids is 2. The zero-order valence-corrected chi connectivity index (χ0v) is 8.53. The molecular formula is C11H11NO3. The van der Waals surface area contributed by atoms with Crippen molar-refractivity contribution in [2.45, 2.75) is 20.0 Å². The van der Waals surface area contributed by atoms with Gasteiger partial charge in [-0.3, -0.25) is 10.1 Å². The molecule has 78 valence electrons. The molecule has 4 nitrogen and oxygen atoms in total. The average molecular weight is 205 g/mol. The van der Waals surface area contributed by atoms with Crippen LogP contribution >= 0.6 is 0 Å². The quantitative estimate of drug-likeness (QED) is 0.757. The van der Waals surface area contributed by atoms with Crippen LogP contribution in [0.4, 0.5) is 4.79 Å². The van der Waals surface area contributed by atoms with Crippen molar-refractivity contribution in [2.24, 2.45) is 0 Å². The van der Waals surface area contributed by atoms with E-state index in [1.165, 1.54) is 0 Å². The Hall–Kier alpha value is -1.84. The summed E-state index contributed by atoms with van der Waals surface area (Å²) >= 11 is 0. The highest BCUT2D eigenvalue weighted by Crippen LogP contribution is 2.25. The van der Waals surface area contributed by atoms with Crippen LogP contribution in [0, 0.1) is 13.8 Å². The minimum absolute atomic E-state index is 0.395. The van der Waals surface area contributed by atoms with Gasteiger partial charge in [-0.1, -0.05) is 23.8 Å². The molecule has 0 bridgehead atoms. The zero-order chi connectivity index (χ0) is 11.0. The Morgan fingerprint density at radius 1 is 1.27 bits per heavy atom. The zero-order valence-electron chi connectivity index (χ0n) is 8.53. The number of amides is 2. The van der Waals surface area contributed by atoms with Gasteiger partial charge < -0.3 is 4.74 Å². The Bertz CT molecular complexity index is 439. The van der Waals surface area contributed by atoms with Crippen molar-refractivity contribution in [1.29, 1.82) is 0 Å². The molecule has 1 aliphatic rings. The van der Waals surface area contributed by atoms with E-state index in [1.54, 1.807) is 0 Å². The molecule has 1 saturated heterocycles. The van der Waals surface area contributed by atoms with Gasteiger partial charge in [-0.05, 0) is 19.4 Å². The first-order valence-corrected chi connectivity index (χ1v) is 4.66. The number of hydrogen-bond acceptors (Lipinski definition) is 3. The summed E-state index contributed by atoms with van der Waals surface area (Å²) in [5.41, 5.74) is 2.72. The van der Waals surface area contributed by atoms with Crippen molar-refractivity contribution < 1.29 is 14.3 Å². The van der Waals surface area contributed by atoms with E-state index in [4.69, 9.17) is 4.74 Å². The Morgan fingerprint density at radius 2 is 2.00 bits per heavy atom. The molecule has 1 aromatic rings. The Kier molecular flexibility index (Phi) is 2.19. The lowest BCUT2D eigenvalue weighted by Gasteiger charge is -2.10. The Morgan fingerprint density at radius 3 is 2.60 bits per heavy atom. The first-order valence-electron chi connectivity index (χ1n) is 4.66. The van der Waals surface area contributed by atoms with E-state index >= 15 is 0 Å². The molecule has 1 atom stereocenters. The summed E-state index contributed by atoms with van der Waals surface area (Å²) in [7, 11) is 0. The second kappa shape index (κ2) is 3.38. The molecule has 0 saturated carbocycles. The van der Waals surface area contributed by atoms with E-state index in [0.29, 0.717) is 0 Å². The van der Waals surface area contributed by atoms with Gasteiger partial charge in [-0.2, -0.15) is 0 Å². The SMILES string of the molecule is Cc1ccc(C)c([C@@H]2OC(=O)NC2=O)c1. The van der Waals surface area contributed by atoms with Crippen molar-refractivity contribution in [2.75, 3.05) is 0 Å². The maximum atomic E-state index is 11.4. The van der Waals surface area contributed by atoms with E-state index in [2.05, 4.69) is 5.32 Å². The molecule has 1 aliphatic heterocycles. The molecule has 0 unspecified atom stereocenters.